The number of hydrogen-bond acceptors (Lipinski definition) is 5. The van der Waals surface area contributed by atoms with Crippen LogP contribution in [0.4, 0.5) is 0 Å². The summed E-state index contributed by atoms with van der Waals surface area (Å²) in [5.74, 6) is 0.468. The van der Waals surface area contributed by atoms with Gasteiger partial charge in [-0.25, -0.2) is 4.21 Å². The molecule has 2 atom stereocenters. The number of nitrogens with zero attached hydrogens (tertiary/aromatic N) is 2. The Kier molecular flexibility index (Phi) is 4.70. The molecule has 136 valence electrons. The van der Waals surface area contributed by atoms with Gasteiger partial charge in [-0.2, -0.15) is 0 Å². The van der Waals surface area contributed by atoms with Gasteiger partial charge in [0.05, 0.1) is 0 Å². The lowest BCUT2D eigenvalue weighted by molar-refractivity contribution is 0.473. The molecule has 0 aliphatic heterocycles. The maximum atomic E-state index is 11.9. The monoisotopic (exact) mass is 380 g/mol. The second-order valence-corrected chi connectivity index (χ2v) is 7.26. The van der Waals surface area contributed by atoms with Crippen LogP contribution in [0, 0.1) is 0 Å². The first-order valence-corrected chi connectivity index (χ1v) is 9.47. The van der Waals surface area contributed by atoms with E-state index in [4.69, 9.17) is 4.42 Å². The van der Waals surface area contributed by atoms with Crippen LogP contribution in [0.3, 0.4) is 0 Å². The number of rotatable bonds is 5. The molecule has 6 nitrogen and oxygen atoms in total. The molecule has 2 N–H and O–H groups in total. The van der Waals surface area contributed by atoms with Crippen molar-refractivity contribution in [3.05, 3.63) is 78.2 Å². The Morgan fingerprint density at radius 1 is 0.963 bits per heavy atom. The van der Waals surface area contributed by atoms with Gasteiger partial charge in [0.2, 0.25) is 11.8 Å². The minimum absolute atomic E-state index is 0.104. The number of aromatic hydroxyl groups is 1. The zero-order valence-corrected chi connectivity index (χ0v) is 15.0. The summed E-state index contributed by atoms with van der Waals surface area (Å²) in [6.45, 7) is 0. The second kappa shape index (κ2) is 7.30. The van der Waals surface area contributed by atoms with E-state index in [1.807, 2.05) is 42.5 Å². The highest BCUT2D eigenvalue weighted by molar-refractivity contribution is 7.79. The van der Waals surface area contributed by atoms with E-state index in [1.165, 1.54) is 12.1 Å². The molecule has 0 spiro atoms. The standard InChI is InChI=1S/C20H16N2O4S/c23-17-9-7-15(8-10-17)19-21-22-20(26-19)18(27(24)25)12-13-5-6-14-3-1-2-4-16(14)11-13/h1-11,18,23H,12H2,(H,24,25). The van der Waals surface area contributed by atoms with Crippen molar-refractivity contribution in [1.82, 2.24) is 10.2 Å². The molecule has 7 heteroatoms. The van der Waals surface area contributed by atoms with Crippen LogP contribution in [0.2, 0.25) is 0 Å². The number of benzene rings is 3. The fourth-order valence-electron chi connectivity index (χ4n) is 2.91. The summed E-state index contributed by atoms with van der Waals surface area (Å²) in [7, 11) is 0. The molecule has 0 bridgehead atoms. The predicted octanol–water partition coefficient (Wildman–Crippen LogP) is 4.10. The SMILES string of the molecule is O=S(O)C(Cc1ccc2ccccc2c1)c1nnc(-c2ccc(O)cc2)o1. The van der Waals surface area contributed by atoms with Gasteiger partial charge < -0.3 is 14.1 Å². The third kappa shape index (κ3) is 3.74. The molecule has 3 aromatic carbocycles. The van der Waals surface area contributed by atoms with Gasteiger partial charge in [0.15, 0.2) is 11.1 Å². The topological polar surface area (TPSA) is 96.5 Å². The van der Waals surface area contributed by atoms with E-state index in [2.05, 4.69) is 10.2 Å². The van der Waals surface area contributed by atoms with Crippen LogP contribution in [-0.4, -0.2) is 24.1 Å². The van der Waals surface area contributed by atoms with Crippen LogP contribution in [0.15, 0.2) is 71.1 Å². The first-order valence-electron chi connectivity index (χ1n) is 8.30. The quantitative estimate of drug-likeness (QED) is 0.506. The minimum Gasteiger partial charge on any atom is -0.508 e. The molecule has 0 aliphatic carbocycles. The van der Waals surface area contributed by atoms with Crippen molar-refractivity contribution in [3.63, 3.8) is 0 Å². The van der Waals surface area contributed by atoms with Gasteiger partial charge in [-0.15, -0.1) is 10.2 Å². The zero-order chi connectivity index (χ0) is 18.8. The average Bonchev–Trinajstić information content (AvgIpc) is 3.16. The van der Waals surface area contributed by atoms with Crippen molar-refractivity contribution >= 4 is 21.9 Å². The third-order valence-corrected chi connectivity index (χ3v) is 5.16. The van der Waals surface area contributed by atoms with Crippen molar-refractivity contribution in [2.24, 2.45) is 0 Å². The van der Waals surface area contributed by atoms with E-state index in [-0.39, 0.29) is 17.5 Å². The van der Waals surface area contributed by atoms with Crippen molar-refractivity contribution in [2.75, 3.05) is 0 Å². The number of fused-ring (bicyclic) bond motifs is 1. The molecular weight excluding hydrogens is 364 g/mol. The van der Waals surface area contributed by atoms with Crippen LogP contribution < -0.4 is 0 Å². The summed E-state index contributed by atoms with van der Waals surface area (Å²) in [4.78, 5) is 0. The molecular formula is C20H16N2O4S. The maximum absolute atomic E-state index is 11.9. The molecule has 1 aromatic heterocycles. The van der Waals surface area contributed by atoms with Gasteiger partial charge in [0, 0.05) is 5.56 Å². The van der Waals surface area contributed by atoms with Crippen LogP contribution in [0.25, 0.3) is 22.2 Å². The average molecular weight is 380 g/mol. The number of aromatic nitrogens is 2. The van der Waals surface area contributed by atoms with Crippen LogP contribution >= 0.6 is 0 Å². The first kappa shape index (κ1) is 17.4. The second-order valence-electron chi connectivity index (χ2n) is 6.14. The Labute approximate surface area is 157 Å². The Balaban J connectivity index is 1.62. The molecule has 1 heterocycles. The molecule has 0 fully saturated rings. The number of phenols is 1. The summed E-state index contributed by atoms with van der Waals surface area (Å²) in [6, 6.07) is 20.1. The number of phenolic OH excluding ortho intramolecular Hbond substituents is 1. The first-order chi connectivity index (χ1) is 13.1. The molecule has 0 saturated heterocycles. The molecule has 27 heavy (non-hydrogen) atoms. The summed E-state index contributed by atoms with van der Waals surface area (Å²) >= 11 is -2.17. The maximum Gasteiger partial charge on any atom is 0.247 e. The predicted molar refractivity (Wildman–Crippen MR) is 103 cm³/mol. The van der Waals surface area contributed by atoms with E-state index < -0.39 is 16.3 Å². The zero-order valence-electron chi connectivity index (χ0n) is 14.1. The van der Waals surface area contributed by atoms with Gasteiger partial charge in [0.1, 0.15) is 11.0 Å². The van der Waals surface area contributed by atoms with Gasteiger partial charge in [-0.1, -0.05) is 42.5 Å². The lowest BCUT2D eigenvalue weighted by atomic mass is 10.0. The van der Waals surface area contributed by atoms with E-state index >= 15 is 0 Å². The lowest BCUT2D eigenvalue weighted by Gasteiger charge is -2.10. The summed E-state index contributed by atoms with van der Waals surface area (Å²) in [5.41, 5.74) is 1.53. The van der Waals surface area contributed by atoms with E-state index in [0.717, 1.165) is 16.3 Å². The van der Waals surface area contributed by atoms with Gasteiger partial charge in [0.25, 0.3) is 0 Å². The van der Waals surface area contributed by atoms with E-state index in [0.29, 0.717) is 12.0 Å². The molecule has 0 aliphatic rings. The summed E-state index contributed by atoms with van der Waals surface area (Å²) < 4.78 is 27.3. The Hall–Kier alpha value is -3.03. The third-order valence-electron chi connectivity index (χ3n) is 4.31. The Bertz CT molecular complexity index is 1110. The van der Waals surface area contributed by atoms with E-state index in [1.54, 1.807) is 12.1 Å². The fourth-order valence-corrected chi connectivity index (χ4v) is 3.51. The Morgan fingerprint density at radius 3 is 2.44 bits per heavy atom. The van der Waals surface area contributed by atoms with Crippen molar-refractivity contribution < 1.29 is 18.3 Å². The molecule has 4 rings (SSSR count). The van der Waals surface area contributed by atoms with Crippen molar-refractivity contribution in [3.8, 4) is 17.2 Å². The molecule has 0 saturated carbocycles. The van der Waals surface area contributed by atoms with Crippen molar-refractivity contribution in [2.45, 2.75) is 11.7 Å². The molecule has 0 radical (unpaired) electrons. The van der Waals surface area contributed by atoms with Crippen molar-refractivity contribution in [1.29, 1.82) is 0 Å². The lowest BCUT2D eigenvalue weighted by Crippen LogP contribution is -2.09. The fraction of sp³-hybridized carbons (Fsp3) is 0.100. The summed E-state index contributed by atoms with van der Waals surface area (Å²) in [6.07, 6.45) is 0.297. The normalized spacial score (nSPS) is 13.5. The Morgan fingerprint density at radius 2 is 1.70 bits per heavy atom. The highest BCUT2D eigenvalue weighted by Crippen LogP contribution is 2.28. The van der Waals surface area contributed by atoms with Gasteiger partial charge >= 0.3 is 0 Å². The smallest absolute Gasteiger partial charge is 0.247 e. The van der Waals surface area contributed by atoms with Gasteiger partial charge in [-0.05, 0) is 47.0 Å². The van der Waals surface area contributed by atoms with Crippen LogP contribution in [-0.2, 0) is 17.5 Å². The number of hydrogen-bond donors (Lipinski definition) is 2. The highest BCUT2D eigenvalue weighted by atomic mass is 32.2. The van der Waals surface area contributed by atoms with Crippen LogP contribution in [0.1, 0.15) is 16.7 Å². The molecule has 0 amide bonds. The van der Waals surface area contributed by atoms with Crippen LogP contribution in [0.5, 0.6) is 5.75 Å². The molecule has 4 aromatic rings. The summed E-state index contributed by atoms with van der Waals surface area (Å²) in [5, 5.41) is 18.6. The van der Waals surface area contributed by atoms with E-state index in [9.17, 15) is 13.9 Å². The molecule has 2 unspecified atom stereocenters. The minimum atomic E-state index is -2.17. The van der Waals surface area contributed by atoms with Gasteiger partial charge in [-0.3, -0.25) is 0 Å². The largest absolute Gasteiger partial charge is 0.508 e. The highest BCUT2D eigenvalue weighted by Gasteiger charge is 2.25.